The van der Waals surface area contributed by atoms with E-state index in [4.69, 9.17) is 5.11 Å². The molecule has 0 saturated carbocycles. The summed E-state index contributed by atoms with van der Waals surface area (Å²) in [6.07, 6.45) is 4.15. The molecule has 1 amide bonds. The van der Waals surface area contributed by atoms with Crippen molar-refractivity contribution in [3.05, 3.63) is 48.3 Å². The van der Waals surface area contributed by atoms with Gasteiger partial charge in [-0.1, -0.05) is 12.1 Å². The van der Waals surface area contributed by atoms with Gasteiger partial charge in [0.2, 0.25) is 6.41 Å². The van der Waals surface area contributed by atoms with Gasteiger partial charge in [-0.05, 0) is 23.8 Å². The summed E-state index contributed by atoms with van der Waals surface area (Å²) < 4.78 is 1.71. The molecule has 0 unspecified atom stereocenters. The largest absolute Gasteiger partial charge is 0.480 e. The number of hydrogen-bond acceptors (Lipinski definition) is 3. The number of hydrogen-bond donors (Lipinski definition) is 2. The summed E-state index contributed by atoms with van der Waals surface area (Å²) in [6, 6.07) is 8.25. The Hall–Kier alpha value is -2.63. The molecule has 1 aromatic carbocycles. The van der Waals surface area contributed by atoms with Crippen molar-refractivity contribution >= 4 is 12.4 Å². The van der Waals surface area contributed by atoms with Gasteiger partial charge in [0.1, 0.15) is 6.04 Å². The zero-order valence-corrected chi connectivity index (χ0v) is 10.1. The Bertz CT molecular complexity index is 549. The lowest BCUT2D eigenvalue weighted by atomic mass is 10.1. The smallest absolute Gasteiger partial charge is 0.326 e. The summed E-state index contributed by atoms with van der Waals surface area (Å²) in [5.41, 5.74) is 1.72. The molecule has 0 radical (unpaired) electrons. The molecule has 6 heteroatoms. The van der Waals surface area contributed by atoms with Gasteiger partial charge >= 0.3 is 5.97 Å². The number of rotatable bonds is 6. The Morgan fingerprint density at radius 2 is 2.16 bits per heavy atom. The van der Waals surface area contributed by atoms with Gasteiger partial charge in [-0.2, -0.15) is 5.10 Å². The van der Waals surface area contributed by atoms with E-state index in [-0.39, 0.29) is 6.42 Å². The molecule has 1 heterocycles. The van der Waals surface area contributed by atoms with Gasteiger partial charge in [0.15, 0.2) is 0 Å². The molecular weight excluding hydrogens is 246 g/mol. The molecule has 2 aromatic rings. The fourth-order valence-corrected chi connectivity index (χ4v) is 1.74. The van der Waals surface area contributed by atoms with Gasteiger partial charge in [0.25, 0.3) is 0 Å². The Morgan fingerprint density at radius 1 is 1.42 bits per heavy atom. The van der Waals surface area contributed by atoms with Gasteiger partial charge in [0, 0.05) is 18.8 Å². The van der Waals surface area contributed by atoms with Crippen molar-refractivity contribution in [3.63, 3.8) is 0 Å². The quantitative estimate of drug-likeness (QED) is 0.745. The first-order valence-corrected chi connectivity index (χ1v) is 5.72. The number of amides is 1. The molecule has 6 nitrogen and oxygen atoms in total. The van der Waals surface area contributed by atoms with Crippen molar-refractivity contribution in [1.29, 1.82) is 0 Å². The second kappa shape index (κ2) is 5.81. The second-order valence-electron chi connectivity index (χ2n) is 4.00. The number of aliphatic carboxylic acids is 1. The van der Waals surface area contributed by atoms with E-state index in [1.54, 1.807) is 10.9 Å². The molecule has 1 atom stereocenters. The van der Waals surface area contributed by atoms with Crippen molar-refractivity contribution in [2.45, 2.75) is 12.5 Å². The predicted octanol–water partition coefficient (Wildman–Crippen LogP) is 0.614. The first-order valence-electron chi connectivity index (χ1n) is 5.72. The standard InChI is InChI=1S/C13H13N3O3/c17-9-14-12(13(18)19)8-10-2-4-11(5-3-10)16-7-1-6-15-16/h1-7,9,12H,8H2,(H,14,17)(H,18,19)/t12-/m0/s1. The van der Waals surface area contributed by atoms with E-state index >= 15 is 0 Å². The van der Waals surface area contributed by atoms with E-state index in [9.17, 15) is 9.59 Å². The van der Waals surface area contributed by atoms with Crippen molar-refractivity contribution in [2.75, 3.05) is 0 Å². The van der Waals surface area contributed by atoms with Crippen LogP contribution in [0.5, 0.6) is 0 Å². The molecule has 0 aliphatic carbocycles. The Kier molecular flexibility index (Phi) is 3.92. The maximum atomic E-state index is 10.9. The maximum Gasteiger partial charge on any atom is 0.326 e. The van der Waals surface area contributed by atoms with Crippen LogP contribution >= 0.6 is 0 Å². The van der Waals surface area contributed by atoms with Gasteiger partial charge in [-0.3, -0.25) is 4.79 Å². The lowest BCUT2D eigenvalue weighted by Crippen LogP contribution is -2.37. The van der Waals surface area contributed by atoms with Crippen LogP contribution in [0.15, 0.2) is 42.7 Å². The SMILES string of the molecule is O=CN[C@@H](Cc1ccc(-n2cccn2)cc1)C(=O)O. The Labute approximate surface area is 109 Å². The average molecular weight is 259 g/mol. The molecule has 1 aromatic heterocycles. The van der Waals surface area contributed by atoms with Gasteiger partial charge in [-0.15, -0.1) is 0 Å². The first-order chi connectivity index (χ1) is 9.20. The van der Waals surface area contributed by atoms with Crippen molar-refractivity contribution in [1.82, 2.24) is 15.1 Å². The first kappa shape index (κ1) is 12.8. The summed E-state index contributed by atoms with van der Waals surface area (Å²) in [4.78, 5) is 21.2. The predicted molar refractivity (Wildman–Crippen MR) is 67.9 cm³/mol. The summed E-state index contributed by atoms with van der Waals surface area (Å²) in [5.74, 6) is -1.05. The molecule has 0 saturated heterocycles. The third-order valence-corrected chi connectivity index (χ3v) is 2.71. The molecule has 0 bridgehead atoms. The third kappa shape index (κ3) is 3.19. The highest BCUT2D eigenvalue weighted by atomic mass is 16.4. The molecule has 2 rings (SSSR count). The Balaban J connectivity index is 2.10. The number of aromatic nitrogens is 2. The van der Waals surface area contributed by atoms with Crippen LogP contribution in [0.4, 0.5) is 0 Å². The Morgan fingerprint density at radius 3 is 2.68 bits per heavy atom. The molecule has 0 aliphatic rings. The number of carboxylic acids is 1. The fraction of sp³-hybridized carbons (Fsp3) is 0.154. The van der Waals surface area contributed by atoms with Gasteiger partial charge in [-0.25, -0.2) is 9.48 Å². The minimum atomic E-state index is -1.05. The van der Waals surface area contributed by atoms with Crippen LogP contribution in [0.2, 0.25) is 0 Å². The van der Waals surface area contributed by atoms with E-state index in [0.29, 0.717) is 6.41 Å². The van der Waals surface area contributed by atoms with Crippen molar-refractivity contribution in [2.24, 2.45) is 0 Å². The van der Waals surface area contributed by atoms with E-state index in [2.05, 4.69) is 10.4 Å². The van der Waals surface area contributed by atoms with Crippen molar-refractivity contribution in [3.8, 4) is 5.69 Å². The number of carbonyl (C=O) groups is 2. The number of benzene rings is 1. The fourth-order valence-electron chi connectivity index (χ4n) is 1.74. The summed E-state index contributed by atoms with van der Waals surface area (Å²) >= 11 is 0. The van der Waals surface area contributed by atoms with Crippen molar-refractivity contribution < 1.29 is 14.7 Å². The summed E-state index contributed by atoms with van der Waals surface area (Å²) in [5, 5.41) is 15.3. The summed E-state index contributed by atoms with van der Waals surface area (Å²) in [6.45, 7) is 0. The second-order valence-corrected chi connectivity index (χ2v) is 4.00. The van der Waals surface area contributed by atoms with Crippen LogP contribution in [-0.4, -0.2) is 33.3 Å². The lowest BCUT2D eigenvalue weighted by Gasteiger charge is -2.11. The average Bonchev–Trinajstić information content (AvgIpc) is 2.93. The number of carboxylic acid groups (broad SMARTS) is 1. The maximum absolute atomic E-state index is 10.9. The number of nitrogens with one attached hydrogen (secondary N) is 1. The van der Waals surface area contributed by atoms with Gasteiger partial charge < -0.3 is 10.4 Å². The van der Waals surface area contributed by atoms with E-state index in [1.165, 1.54) is 0 Å². The van der Waals surface area contributed by atoms with Crippen LogP contribution < -0.4 is 5.32 Å². The van der Waals surface area contributed by atoms with Gasteiger partial charge in [0.05, 0.1) is 5.69 Å². The molecule has 98 valence electrons. The normalized spacial score (nSPS) is 11.8. The highest BCUT2D eigenvalue weighted by Gasteiger charge is 2.16. The number of carbonyl (C=O) groups excluding carboxylic acids is 1. The van der Waals surface area contributed by atoms with E-state index in [0.717, 1.165) is 11.3 Å². The lowest BCUT2D eigenvalue weighted by molar-refractivity contribution is -0.140. The molecule has 0 fully saturated rings. The molecule has 2 N–H and O–H groups in total. The van der Waals surface area contributed by atoms with Crippen LogP contribution in [0, 0.1) is 0 Å². The number of nitrogens with zero attached hydrogens (tertiary/aromatic N) is 2. The zero-order valence-electron chi connectivity index (χ0n) is 10.1. The highest BCUT2D eigenvalue weighted by molar-refractivity contribution is 5.76. The van der Waals surface area contributed by atoms with Crippen LogP contribution in [0.3, 0.4) is 0 Å². The van der Waals surface area contributed by atoms with Crippen LogP contribution in [-0.2, 0) is 16.0 Å². The van der Waals surface area contributed by atoms with E-state index < -0.39 is 12.0 Å². The molecule has 19 heavy (non-hydrogen) atoms. The van der Waals surface area contributed by atoms with E-state index in [1.807, 2.05) is 36.5 Å². The van der Waals surface area contributed by atoms with Crippen LogP contribution in [0.25, 0.3) is 5.69 Å². The highest BCUT2D eigenvalue weighted by Crippen LogP contribution is 2.10. The monoisotopic (exact) mass is 259 g/mol. The van der Waals surface area contributed by atoms with Crippen LogP contribution in [0.1, 0.15) is 5.56 Å². The zero-order chi connectivity index (χ0) is 13.7. The molecule has 0 spiro atoms. The minimum Gasteiger partial charge on any atom is -0.480 e. The topological polar surface area (TPSA) is 84.2 Å². The summed E-state index contributed by atoms with van der Waals surface area (Å²) in [7, 11) is 0. The molecule has 0 aliphatic heterocycles. The molecular formula is C13H13N3O3. The minimum absolute atomic E-state index is 0.244. The third-order valence-electron chi connectivity index (χ3n) is 2.71.